The van der Waals surface area contributed by atoms with Crippen molar-refractivity contribution in [2.45, 2.75) is 6.92 Å². The van der Waals surface area contributed by atoms with Gasteiger partial charge in [0.1, 0.15) is 17.2 Å². The summed E-state index contributed by atoms with van der Waals surface area (Å²) >= 11 is 0. The Kier molecular flexibility index (Phi) is 4.36. The molecule has 0 bridgehead atoms. The molecule has 0 atom stereocenters. The summed E-state index contributed by atoms with van der Waals surface area (Å²) < 4.78 is 27.4. The van der Waals surface area contributed by atoms with Gasteiger partial charge in [-0.05, 0) is 25.1 Å². The molecular formula is C18H13F2N3O4. The molecule has 0 unspecified atom stereocenters. The standard InChI is InChI=1S/C18H13F2N3O4/c1-8(24)10-3-2-4-11-14(17(26)23(15(10)11)18(21)27)16(25)22-13-6-5-9(19)7-12(13)20/h2-7,26H,1H3,(H2,21,27)(H,22,25). The molecule has 7 nitrogen and oxygen atoms in total. The van der Waals surface area contributed by atoms with Gasteiger partial charge in [0, 0.05) is 17.0 Å². The first-order chi connectivity index (χ1) is 12.7. The molecule has 0 fully saturated rings. The highest BCUT2D eigenvalue weighted by Gasteiger charge is 2.27. The molecule has 27 heavy (non-hydrogen) atoms. The van der Waals surface area contributed by atoms with Crippen LogP contribution < -0.4 is 11.1 Å². The van der Waals surface area contributed by atoms with Crippen LogP contribution in [0.3, 0.4) is 0 Å². The Bertz CT molecular complexity index is 1120. The lowest BCUT2D eigenvalue weighted by Crippen LogP contribution is -2.20. The first-order valence-electron chi connectivity index (χ1n) is 7.66. The van der Waals surface area contributed by atoms with Gasteiger partial charge in [-0.1, -0.05) is 12.1 Å². The third-order valence-corrected chi connectivity index (χ3v) is 3.97. The number of benzene rings is 2. The third kappa shape index (κ3) is 2.99. The van der Waals surface area contributed by atoms with Gasteiger partial charge in [-0.15, -0.1) is 0 Å². The van der Waals surface area contributed by atoms with Gasteiger partial charge in [-0.25, -0.2) is 18.1 Å². The molecule has 0 saturated heterocycles. The van der Waals surface area contributed by atoms with Crippen LogP contribution in [-0.4, -0.2) is 27.4 Å². The summed E-state index contributed by atoms with van der Waals surface area (Å²) in [7, 11) is 0. The van der Waals surface area contributed by atoms with Gasteiger partial charge in [-0.3, -0.25) is 9.59 Å². The number of hydrogen-bond donors (Lipinski definition) is 3. The van der Waals surface area contributed by atoms with Gasteiger partial charge in [0.2, 0.25) is 5.88 Å². The fourth-order valence-electron chi connectivity index (χ4n) is 2.82. The molecule has 0 saturated carbocycles. The lowest BCUT2D eigenvalue weighted by Gasteiger charge is -2.06. The monoisotopic (exact) mass is 373 g/mol. The lowest BCUT2D eigenvalue weighted by molar-refractivity contribution is 0.101. The summed E-state index contributed by atoms with van der Waals surface area (Å²) in [4.78, 5) is 36.3. The Balaban J connectivity index is 2.21. The number of primary amides is 1. The van der Waals surface area contributed by atoms with Crippen LogP contribution in [0.5, 0.6) is 5.88 Å². The molecule has 3 aromatic rings. The molecule has 138 valence electrons. The van der Waals surface area contributed by atoms with Gasteiger partial charge in [0.15, 0.2) is 5.78 Å². The number of anilines is 1. The largest absolute Gasteiger partial charge is 0.494 e. The van der Waals surface area contributed by atoms with Crippen LogP contribution in [-0.2, 0) is 0 Å². The van der Waals surface area contributed by atoms with Crippen molar-refractivity contribution in [3.8, 4) is 5.88 Å². The Labute approximate surface area is 151 Å². The van der Waals surface area contributed by atoms with E-state index < -0.39 is 35.2 Å². The smallest absolute Gasteiger partial charge is 0.326 e. The molecule has 9 heteroatoms. The first-order valence-corrected chi connectivity index (χ1v) is 7.66. The zero-order valence-corrected chi connectivity index (χ0v) is 13.9. The van der Waals surface area contributed by atoms with Crippen molar-refractivity contribution in [1.82, 2.24) is 4.57 Å². The second-order valence-corrected chi connectivity index (χ2v) is 5.71. The van der Waals surface area contributed by atoms with Gasteiger partial charge in [0.05, 0.1) is 11.2 Å². The molecule has 1 heterocycles. The number of rotatable bonds is 3. The molecule has 0 aliphatic carbocycles. The van der Waals surface area contributed by atoms with E-state index in [2.05, 4.69) is 5.32 Å². The SMILES string of the molecule is CC(=O)c1cccc2c(C(=O)Nc3ccc(F)cc3F)c(O)n(C(N)=O)c12. The number of amides is 2. The van der Waals surface area contributed by atoms with Gasteiger partial charge in [-0.2, -0.15) is 0 Å². The molecule has 3 rings (SSSR count). The summed E-state index contributed by atoms with van der Waals surface area (Å²) in [5, 5.41) is 12.7. The minimum absolute atomic E-state index is 0.0419. The zero-order valence-electron chi connectivity index (χ0n) is 13.9. The predicted molar refractivity (Wildman–Crippen MR) is 92.9 cm³/mol. The van der Waals surface area contributed by atoms with E-state index in [0.717, 1.165) is 12.1 Å². The average molecular weight is 373 g/mol. The number of nitrogens with one attached hydrogen (secondary N) is 1. The average Bonchev–Trinajstić information content (AvgIpc) is 2.89. The van der Waals surface area contributed by atoms with Crippen molar-refractivity contribution in [3.63, 3.8) is 0 Å². The van der Waals surface area contributed by atoms with E-state index in [-0.39, 0.29) is 27.7 Å². The van der Waals surface area contributed by atoms with Crippen molar-refractivity contribution in [2.75, 3.05) is 5.32 Å². The third-order valence-electron chi connectivity index (χ3n) is 3.97. The quantitative estimate of drug-likeness (QED) is 0.612. The van der Waals surface area contributed by atoms with Crippen molar-refractivity contribution >= 4 is 34.3 Å². The Hall–Kier alpha value is -3.75. The summed E-state index contributed by atoms with van der Waals surface area (Å²) in [6, 6.07) is 5.68. The van der Waals surface area contributed by atoms with Crippen molar-refractivity contribution in [3.05, 3.63) is 59.2 Å². The number of nitrogens with zero attached hydrogens (tertiary/aromatic N) is 1. The number of halogens is 2. The Morgan fingerprint density at radius 2 is 1.85 bits per heavy atom. The topological polar surface area (TPSA) is 114 Å². The Morgan fingerprint density at radius 3 is 2.44 bits per heavy atom. The van der Waals surface area contributed by atoms with Crippen LogP contribution in [0.15, 0.2) is 36.4 Å². The molecule has 2 amide bonds. The van der Waals surface area contributed by atoms with Crippen molar-refractivity contribution < 1.29 is 28.3 Å². The van der Waals surface area contributed by atoms with Crippen LogP contribution in [0.1, 0.15) is 27.6 Å². The maximum Gasteiger partial charge on any atom is 0.326 e. The molecule has 4 N–H and O–H groups in total. The van der Waals surface area contributed by atoms with Crippen LogP contribution in [0.2, 0.25) is 0 Å². The number of ketones is 1. The molecule has 2 aromatic carbocycles. The van der Waals surface area contributed by atoms with Crippen molar-refractivity contribution in [1.29, 1.82) is 0 Å². The summed E-state index contributed by atoms with van der Waals surface area (Å²) in [5.74, 6) is -4.04. The molecule has 0 aliphatic rings. The number of Topliss-reactive ketones (excluding diaryl/α,β-unsaturated/α-hetero) is 1. The highest BCUT2D eigenvalue weighted by Crippen LogP contribution is 2.34. The van der Waals surface area contributed by atoms with Crippen LogP contribution in [0, 0.1) is 11.6 Å². The number of nitrogens with two attached hydrogens (primary N) is 1. The molecule has 0 spiro atoms. The van der Waals surface area contributed by atoms with Gasteiger partial charge >= 0.3 is 6.03 Å². The zero-order chi connectivity index (χ0) is 19.9. The minimum atomic E-state index is -1.11. The summed E-state index contributed by atoms with van der Waals surface area (Å²) in [6.45, 7) is 1.25. The number of hydrogen-bond acceptors (Lipinski definition) is 4. The summed E-state index contributed by atoms with van der Waals surface area (Å²) in [5.41, 5.74) is 4.59. The number of fused-ring (bicyclic) bond motifs is 1. The van der Waals surface area contributed by atoms with Gasteiger partial charge < -0.3 is 16.2 Å². The van der Waals surface area contributed by atoms with E-state index >= 15 is 0 Å². The fraction of sp³-hybridized carbons (Fsp3) is 0.0556. The first kappa shape index (κ1) is 18.1. The van der Waals surface area contributed by atoms with E-state index in [0.29, 0.717) is 10.6 Å². The molecule has 0 radical (unpaired) electrons. The summed E-state index contributed by atoms with van der Waals surface area (Å²) in [6.07, 6.45) is 0. The van der Waals surface area contributed by atoms with Gasteiger partial charge in [0.25, 0.3) is 5.91 Å². The normalized spacial score (nSPS) is 10.8. The Morgan fingerprint density at radius 1 is 1.15 bits per heavy atom. The van der Waals surface area contributed by atoms with E-state index in [9.17, 15) is 28.3 Å². The van der Waals surface area contributed by atoms with Crippen LogP contribution >= 0.6 is 0 Å². The second kappa shape index (κ2) is 6.52. The fourth-order valence-corrected chi connectivity index (χ4v) is 2.82. The van der Waals surface area contributed by atoms with E-state index in [1.165, 1.54) is 25.1 Å². The highest BCUT2D eigenvalue weighted by atomic mass is 19.1. The number of carbonyl (C=O) groups excluding carboxylic acids is 3. The minimum Gasteiger partial charge on any atom is -0.494 e. The lowest BCUT2D eigenvalue weighted by atomic mass is 10.1. The highest BCUT2D eigenvalue weighted by molar-refractivity contribution is 6.20. The van der Waals surface area contributed by atoms with Crippen LogP contribution in [0.4, 0.5) is 19.3 Å². The molecule has 1 aromatic heterocycles. The number of para-hydroxylation sites is 1. The number of aromatic nitrogens is 1. The maximum atomic E-state index is 13.8. The number of carbonyl (C=O) groups is 3. The van der Waals surface area contributed by atoms with Crippen molar-refractivity contribution in [2.24, 2.45) is 5.73 Å². The second-order valence-electron chi connectivity index (χ2n) is 5.71. The maximum absolute atomic E-state index is 13.8. The van der Waals surface area contributed by atoms with Crippen LogP contribution in [0.25, 0.3) is 10.9 Å². The molecular weight excluding hydrogens is 360 g/mol. The van der Waals surface area contributed by atoms with E-state index in [1.807, 2.05) is 0 Å². The van der Waals surface area contributed by atoms with E-state index in [1.54, 1.807) is 0 Å². The van der Waals surface area contributed by atoms with E-state index in [4.69, 9.17) is 5.73 Å². The number of aromatic hydroxyl groups is 1. The predicted octanol–water partition coefficient (Wildman–Crippen LogP) is 3.01. The molecule has 0 aliphatic heterocycles.